The molecule has 2 aromatic carbocycles. The average molecular weight is 303 g/mol. The summed E-state index contributed by atoms with van der Waals surface area (Å²) in [7, 11) is -3.81. The van der Waals surface area contributed by atoms with Gasteiger partial charge in [-0.15, -0.1) is 0 Å². The molecule has 0 bridgehead atoms. The minimum absolute atomic E-state index is 0.0617. The van der Waals surface area contributed by atoms with Gasteiger partial charge in [0.25, 0.3) is 10.0 Å². The van der Waals surface area contributed by atoms with E-state index in [0.717, 1.165) is 0 Å². The number of nitrogens with zero attached hydrogens (tertiary/aromatic N) is 1. The number of hydrogen-bond donors (Lipinski definition) is 2. The zero-order valence-corrected chi connectivity index (χ0v) is 12.0. The molecule has 3 rings (SSSR count). The van der Waals surface area contributed by atoms with E-state index in [-0.39, 0.29) is 10.9 Å². The first kappa shape index (κ1) is 13.4. The van der Waals surface area contributed by atoms with Gasteiger partial charge in [-0.3, -0.25) is 0 Å². The maximum Gasteiger partial charge on any atom is 0.309 e. The molecule has 6 nitrogen and oxygen atoms in total. The molecule has 0 aliphatic carbocycles. The lowest BCUT2D eigenvalue weighted by Crippen LogP contribution is -2.14. The van der Waals surface area contributed by atoms with Gasteiger partial charge in [0.2, 0.25) is 0 Å². The Balaban J connectivity index is 2.13. The first-order valence-corrected chi connectivity index (χ1v) is 7.68. The van der Waals surface area contributed by atoms with Crippen molar-refractivity contribution < 1.29 is 12.8 Å². The number of nitrogens with one attached hydrogen (secondary N) is 1. The van der Waals surface area contributed by atoms with Crippen molar-refractivity contribution in [3.8, 4) is 0 Å². The molecule has 0 unspecified atom stereocenters. The van der Waals surface area contributed by atoms with E-state index < -0.39 is 10.0 Å². The molecule has 108 valence electrons. The van der Waals surface area contributed by atoms with E-state index in [4.69, 9.17) is 10.2 Å². The minimum Gasteiger partial charge on any atom is -0.431 e. The van der Waals surface area contributed by atoms with Gasteiger partial charge >= 0.3 is 6.01 Å². The third kappa shape index (κ3) is 2.43. The predicted molar refractivity (Wildman–Crippen MR) is 80.4 cm³/mol. The number of nitrogen functional groups attached to an aromatic ring is 1. The van der Waals surface area contributed by atoms with Gasteiger partial charge in [0.15, 0.2) is 0 Å². The summed E-state index contributed by atoms with van der Waals surface area (Å²) in [5.74, 6) is 0. The molecule has 0 saturated carbocycles. The van der Waals surface area contributed by atoms with Crippen LogP contribution in [0.5, 0.6) is 0 Å². The quantitative estimate of drug-likeness (QED) is 0.724. The summed E-state index contributed by atoms with van der Waals surface area (Å²) in [4.78, 5) is 4.07. The van der Waals surface area contributed by atoms with Crippen LogP contribution in [-0.2, 0) is 10.0 Å². The Bertz CT molecular complexity index is 916. The molecule has 0 aliphatic rings. The lowest BCUT2D eigenvalue weighted by Gasteiger charge is -2.09. The first-order chi connectivity index (χ1) is 9.97. The van der Waals surface area contributed by atoms with Crippen molar-refractivity contribution in [2.24, 2.45) is 0 Å². The van der Waals surface area contributed by atoms with Crippen molar-refractivity contribution in [3.05, 3.63) is 48.4 Å². The normalized spacial score (nSPS) is 11.7. The Morgan fingerprint density at radius 1 is 1.14 bits per heavy atom. The van der Waals surface area contributed by atoms with Crippen LogP contribution < -0.4 is 10.5 Å². The van der Waals surface area contributed by atoms with Gasteiger partial charge in [-0.25, -0.2) is 13.1 Å². The summed E-state index contributed by atoms with van der Waals surface area (Å²) < 4.78 is 32.3. The molecule has 0 spiro atoms. The summed E-state index contributed by atoms with van der Waals surface area (Å²) in [6.07, 6.45) is 1.37. The van der Waals surface area contributed by atoms with Crippen molar-refractivity contribution in [2.45, 2.75) is 11.8 Å². The van der Waals surface area contributed by atoms with Crippen LogP contribution in [0, 0.1) is 6.92 Å². The van der Waals surface area contributed by atoms with Gasteiger partial charge in [-0.05, 0) is 19.1 Å². The maximum absolute atomic E-state index is 12.5. The Labute approximate surface area is 121 Å². The molecule has 0 fully saturated rings. The minimum atomic E-state index is -3.81. The number of rotatable bonds is 3. The predicted octanol–water partition coefficient (Wildman–Crippen LogP) is 2.52. The number of aromatic nitrogens is 1. The van der Waals surface area contributed by atoms with Gasteiger partial charge in [0.1, 0.15) is 6.26 Å². The lowest BCUT2D eigenvalue weighted by molar-refractivity contribution is 0.569. The summed E-state index contributed by atoms with van der Waals surface area (Å²) in [6.45, 7) is 1.71. The summed E-state index contributed by atoms with van der Waals surface area (Å²) in [5.41, 5.74) is 7.00. The van der Waals surface area contributed by atoms with Gasteiger partial charge in [0, 0.05) is 16.5 Å². The van der Waals surface area contributed by atoms with E-state index in [1.165, 1.54) is 12.3 Å². The number of benzene rings is 2. The Hall–Kier alpha value is -2.54. The second-order valence-electron chi connectivity index (χ2n) is 4.60. The lowest BCUT2D eigenvalue weighted by atomic mass is 10.1. The highest BCUT2D eigenvalue weighted by Gasteiger charge is 2.20. The zero-order chi connectivity index (χ0) is 15.0. The van der Waals surface area contributed by atoms with E-state index in [1.807, 2.05) is 0 Å². The number of sulfonamides is 1. The van der Waals surface area contributed by atoms with Gasteiger partial charge in [-0.1, -0.05) is 24.3 Å². The van der Waals surface area contributed by atoms with Crippen LogP contribution in [0.15, 0.2) is 52.0 Å². The number of anilines is 2. The van der Waals surface area contributed by atoms with Crippen LogP contribution in [0.3, 0.4) is 0 Å². The van der Waals surface area contributed by atoms with Crippen molar-refractivity contribution in [3.63, 3.8) is 0 Å². The smallest absolute Gasteiger partial charge is 0.309 e. The number of nitrogens with two attached hydrogens (primary N) is 1. The van der Waals surface area contributed by atoms with Crippen molar-refractivity contribution >= 4 is 32.5 Å². The molecule has 1 aromatic heterocycles. The third-order valence-corrected chi connectivity index (χ3v) is 4.43. The molecule has 7 heteroatoms. The van der Waals surface area contributed by atoms with E-state index >= 15 is 0 Å². The highest BCUT2D eigenvalue weighted by molar-refractivity contribution is 7.93. The molecule has 0 amide bonds. The van der Waals surface area contributed by atoms with Crippen LogP contribution in [0.2, 0.25) is 0 Å². The standard InChI is InChI=1S/C14H13N3O3S/c1-9-8-20-14(16-9)17-21(18,19)13-7-6-12(15)10-4-2-3-5-11(10)13/h2-8H,15H2,1H3,(H,16,17). The number of fused-ring (bicyclic) bond motifs is 1. The molecule has 21 heavy (non-hydrogen) atoms. The molecule has 0 saturated heterocycles. The molecule has 0 atom stereocenters. The molecular formula is C14H13N3O3S. The Morgan fingerprint density at radius 3 is 2.52 bits per heavy atom. The molecule has 0 radical (unpaired) electrons. The fraction of sp³-hybridized carbons (Fsp3) is 0.0714. The number of oxazole rings is 1. The SMILES string of the molecule is Cc1coc(NS(=O)(=O)c2ccc(N)c3ccccc23)n1. The fourth-order valence-electron chi connectivity index (χ4n) is 2.10. The third-order valence-electron chi connectivity index (χ3n) is 3.05. The topological polar surface area (TPSA) is 98.2 Å². The fourth-order valence-corrected chi connectivity index (χ4v) is 3.25. The largest absolute Gasteiger partial charge is 0.431 e. The van der Waals surface area contributed by atoms with Crippen LogP contribution in [-0.4, -0.2) is 13.4 Å². The van der Waals surface area contributed by atoms with E-state index in [9.17, 15) is 8.42 Å². The molecule has 0 aliphatic heterocycles. The first-order valence-electron chi connectivity index (χ1n) is 6.19. The van der Waals surface area contributed by atoms with Crippen LogP contribution >= 0.6 is 0 Å². The second-order valence-corrected chi connectivity index (χ2v) is 6.25. The molecular weight excluding hydrogens is 290 g/mol. The molecule has 3 N–H and O–H groups in total. The molecule has 1 heterocycles. The molecule has 3 aromatic rings. The van der Waals surface area contributed by atoms with Gasteiger partial charge < -0.3 is 10.2 Å². The van der Waals surface area contributed by atoms with Crippen LogP contribution in [0.25, 0.3) is 10.8 Å². The Kier molecular flexibility index (Phi) is 3.06. The van der Waals surface area contributed by atoms with Gasteiger partial charge in [-0.2, -0.15) is 4.98 Å². The van der Waals surface area contributed by atoms with Crippen LogP contribution in [0.1, 0.15) is 5.69 Å². The van der Waals surface area contributed by atoms with Crippen molar-refractivity contribution in [2.75, 3.05) is 10.5 Å². The average Bonchev–Trinajstić information content (AvgIpc) is 2.83. The van der Waals surface area contributed by atoms with Crippen molar-refractivity contribution in [1.29, 1.82) is 0 Å². The number of hydrogen-bond acceptors (Lipinski definition) is 5. The Morgan fingerprint density at radius 2 is 1.86 bits per heavy atom. The second kappa shape index (κ2) is 4.78. The highest BCUT2D eigenvalue weighted by atomic mass is 32.2. The maximum atomic E-state index is 12.5. The summed E-state index contributed by atoms with van der Waals surface area (Å²) in [6, 6.07) is 10.0. The summed E-state index contributed by atoms with van der Waals surface area (Å²) >= 11 is 0. The van der Waals surface area contributed by atoms with Crippen LogP contribution in [0.4, 0.5) is 11.7 Å². The zero-order valence-electron chi connectivity index (χ0n) is 11.2. The van der Waals surface area contributed by atoms with Gasteiger partial charge in [0.05, 0.1) is 10.6 Å². The summed E-state index contributed by atoms with van der Waals surface area (Å²) in [5, 5.41) is 1.23. The van der Waals surface area contributed by atoms with E-state index in [0.29, 0.717) is 22.2 Å². The number of aryl methyl sites for hydroxylation is 1. The highest BCUT2D eigenvalue weighted by Crippen LogP contribution is 2.28. The van der Waals surface area contributed by atoms with E-state index in [1.54, 1.807) is 37.3 Å². The monoisotopic (exact) mass is 303 g/mol. The van der Waals surface area contributed by atoms with Crippen molar-refractivity contribution in [1.82, 2.24) is 4.98 Å². The van der Waals surface area contributed by atoms with E-state index in [2.05, 4.69) is 9.71 Å².